The van der Waals surface area contributed by atoms with Crippen LogP contribution < -0.4 is 24.8 Å². The van der Waals surface area contributed by atoms with E-state index in [1.54, 1.807) is 13.2 Å². The highest BCUT2D eigenvalue weighted by molar-refractivity contribution is 14.0. The van der Waals surface area contributed by atoms with Crippen molar-refractivity contribution in [3.8, 4) is 17.2 Å². The molecule has 1 aliphatic rings. The van der Waals surface area contributed by atoms with Gasteiger partial charge in [0.1, 0.15) is 5.75 Å². The maximum Gasteiger partial charge on any atom is 0.387 e. The van der Waals surface area contributed by atoms with Gasteiger partial charge < -0.3 is 34.3 Å². The Bertz CT molecular complexity index is 638. The molecule has 0 fully saturated rings. The average Bonchev–Trinajstić information content (AvgIpc) is 3.11. The Morgan fingerprint density at radius 2 is 1.93 bits per heavy atom. The van der Waals surface area contributed by atoms with Crippen molar-refractivity contribution in [3.05, 3.63) is 17.7 Å². The molecule has 0 radical (unpaired) electrons. The summed E-state index contributed by atoms with van der Waals surface area (Å²) in [5, 5.41) is 6.29. The number of halogens is 3. The van der Waals surface area contributed by atoms with Gasteiger partial charge in [-0.25, -0.2) is 4.99 Å². The Labute approximate surface area is 186 Å². The van der Waals surface area contributed by atoms with Gasteiger partial charge in [-0.1, -0.05) is 0 Å². The van der Waals surface area contributed by atoms with Gasteiger partial charge in [-0.15, -0.1) is 24.0 Å². The summed E-state index contributed by atoms with van der Waals surface area (Å²) in [6, 6.07) is 3.01. The summed E-state index contributed by atoms with van der Waals surface area (Å²) in [6.45, 7) is 2.23. The zero-order valence-electron chi connectivity index (χ0n) is 16.5. The number of hydrogen-bond donors (Lipinski definition) is 2. The van der Waals surface area contributed by atoms with Gasteiger partial charge in [0.25, 0.3) is 0 Å². The molecule has 11 heteroatoms. The number of guanidine groups is 1. The lowest BCUT2D eigenvalue weighted by atomic mass is 10.1. The molecule has 0 aliphatic carbocycles. The van der Waals surface area contributed by atoms with E-state index in [2.05, 4.69) is 20.4 Å². The third-order valence-corrected chi connectivity index (χ3v) is 3.71. The van der Waals surface area contributed by atoms with E-state index < -0.39 is 6.61 Å². The number of nitrogens with zero attached hydrogens (tertiary/aromatic N) is 1. The number of hydrogen-bond acceptors (Lipinski definition) is 6. The Hall–Kier alpha value is -1.60. The minimum atomic E-state index is -2.94. The molecule has 2 rings (SSSR count). The van der Waals surface area contributed by atoms with Crippen molar-refractivity contribution in [2.24, 2.45) is 4.99 Å². The van der Waals surface area contributed by atoms with Gasteiger partial charge in [0, 0.05) is 38.4 Å². The first kappa shape index (κ1) is 25.4. The van der Waals surface area contributed by atoms with Crippen LogP contribution >= 0.6 is 24.0 Å². The second-order valence-corrected chi connectivity index (χ2v) is 5.77. The minimum absolute atomic E-state index is 0. The fourth-order valence-corrected chi connectivity index (χ4v) is 2.43. The lowest BCUT2D eigenvalue weighted by Gasteiger charge is -2.13. The van der Waals surface area contributed by atoms with E-state index in [1.807, 2.05) is 6.92 Å². The maximum absolute atomic E-state index is 12.7. The minimum Gasteiger partial charge on any atom is -0.454 e. The second kappa shape index (κ2) is 14.4. The summed E-state index contributed by atoms with van der Waals surface area (Å²) in [6.07, 6.45) is 0.790. The summed E-state index contributed by atoms with van der Waals surface area (Å²) in [7, 11) is 1.63. The quantitative estimate of drug-likeness (QED) is 0.186. The van der Waals surface area contributed by atoms with E-state index >= 15 is 0 Å². The van der Waals surface area contributed by atoms with Crippen molar-refractivity contribution in [2.75, 3.05) is 46.8 Å². The van der Waals surface area contributed by atoms with E-state index in [0.717, 1.165) is 6.42 Å². The molecule has 2 N–H and O–H groups in total. The van der Waals surface area contributed by atoms with Crippen LogP contribution in [0.15, 0.2) is 17.1 Å². The zero-order chi connectivity index (χ0) is 20.2. The predicted octanol–water partition coefficient (Wildman–Crippen LogP) is 2.74. The fourth-order valence-electron chi connectivity index (χ4n) is 2.43. The number of alkyl halides is 2. The van der Waals surface area contributed by atoms with Crippen molar-refractivity contribution in [3.63, 3.8) is 0 Å². The van der Waals surface area contributed by atoms with Crippen molar-refractivity contribution in [1.82, 2.24) is 10.6 Å². The van der Waals surface area contributed by atoms with E-state index in [0.29, 0.717) is 55.9 Å². The smallest absolute Gasteiger partial charge is 0.387 e. The molecule has 1 aliphatic heterocycles. The molecule has 0 atom stereocenters. The van der Waals surface area contributed by atoms with Crippen molar-refractivity contribution >= 4 is 29.9 Å². The Morgan fingerprint density at radius 1 is 1.17 bits per heavy atom. The number of aliphatic imine (C=N–C) groups is 1. The average molecular weight is 531 g/mol. The molecular formula is C18H28F2IN3O5. The van der Waals surface area contributed by atoms with Crippen LogP contribution in [-0.4, -0.2) is 59.4 Å². The van der Waals surface area contributed by atoms with E-state index in [4.69, 9.17) is 18.9 Å². The van der Waals surface area contributed by atoms with Gasteiger partial charge in [-0.05, 0) is 19.4 Å². The largest absolute Gasteiger partial charge is 0.454 e. The normalized spacial score (nSPS) is 12.7. The van der Waals surface area contributed by atoms with Crippen molar-refractivity contribution < 1.29 is 32.5 Å². The molecule has 0 saturated heterocycles. The third-order valence-electron chi connectivity index (χ3n) is 3.71. The van der Waals surface area contributed by atoms with Crippen LogP contribution in [0.2, 0.25) is 0 Å². The Morgan fingerprint density at radius 3 is 2.62 bits per heavy atom. The highest BCUT2D eigenvalue weighted by Gasteiger charge is 2.20. The topological polar surface area (TPSA) is 82.6 Å². The Balaban J connectivity index is 0.00000420. The summed E-state index contributed by atoms with van der Waals surface area (Å²) in [5.41, 5.74) is 0.477. The highest BCUT2D eigenvalue weighted by Crippen LogP contribution is 2.38. The molecule has 166 valence electrons. The van der Waals surface area contributed by atoms with E-state index in [-0.39, 0.29) is 43.1 Å². The first-order valence-corrected chi connectivity index (χ1v) is 9.10. The molecule has 8 nitrogen and oxygen atoms in total. The summed E-state index contributed by atoms with van der Waals surface area (Å²) >= 11 is 0. The standard InChI is InChI=1S/C18H27F2N3O5.HI/c1-3-21-18(22-5-4-6-25-8-7-24-2)23-11-13-9-15-16(27-12-26-15)10-14(13)28-17(19)20;/h9-10,17H,3-8,11-12H2,1-2H3,(H2,21,22,23);1H. The van der Waals surface area contributed by atoms with Crippen molar-refractivity contribution in [1.29, 1.82) is 0 Å². The number of rotatable bonds is 12. The van der Waals surface area contributed by atoms with E-state index in [9.17, 15) is 8.78 Å². The van der Waals surface area contributed by atoms with Crippen LogP contribution in [0.3, 0.4) is 0 Å². The van der Waals surface area contributed by atoms with Gasteiger partial charge in [-0.2, -0.15) is 8.78 Å². The lowest BCUT2D eigenvalue weighted by molar-refractivity contribution is -0.0505. The molecule has 0 spiro atoms. The fraction of sp³-hybridized carbons (Fsp3) is 0.611. The molecule has 1 aromatic rings. The Kier molecular flexibility index (Phi) is 12.6. The SMILES string of the molecule is CCNC(=NCc1cc2c(cc1OC(F)F)OCO2)NCCCOCCOC.I. The van der Waals surface area contributed by atoms with Crippen LogP contribution in [0.25, 0.3) is 0 Å². The number of nitrogens with one attached hydrogen (secondary N) is 2. The monoisotopic (exact) mass is 531 g/mol. The third kappa shape index (κ3) is 9.17. The van der Waals surface area contributed by atoms with Gasteiger partial charge in [-0.3, -0.25) is 0 Å². The molecule has 0 amide bonds. The molecule has 0 saturated carbocycles. The molecule has 29 heavy (non-hydrogen) atoms. The summed E-state index contributed by atoms with van der Waals surface area (Å²) in [5.74, 6) is 1.45. The van der Waals surface area contributed by atoms with Gasteiger partial charge in [0.2, 0.25) is 6.79 Å². The molecule has 0 unspecified atom stereocenters. The maximum atomic E-state index is 12.7. The first-order chi connectivity index (χ1) is 13.6. The lowest BCUT2D eigenvalue weighted by Crippen LogP contribution is -2.38. The van der Waals surface area contributed by atoms with Gasteiger partial charge in [0.05, 0.1) is 19.8 Å². The zero-order valence-corrected chi connectivity index (χ0v) is 18.9. The summed E-state index contributed by atoms with van der Waals surface area (Å²) in [4.78, 5) is 4.44. The number of methoxy groups -OCH3 is 1. The van der Waals surface area contributed by atoms with Crippen LogP contribution in [0.1, 0.15) is 18.9 Å². The highest BCUT2D eigenvalue weighted by atomic mass is 127. The second-order valence-electron chi connectivity index (χ2n) is 5.77. The van der Waals surface area contributed by atoms with Crippen LogP contribution in [-0.2, 0) is 16.0 Å². The predicted molar refractivity (Wildman–Crippen MR) is 115 cm³/mol. The number of ether oxygens (including phenoxy) is 5. The van der Waals surface area contributed by atoms with Crippen molar-refractivity contribution in [2.45, 2.75) is 26.5 Å². The van der Waals surface area contributed by atoms with Gasteiger partial charge in [0.15, 0.2) is 17.5 Å². The number of fused-ring (bicyclic) bond motifs is 1. The molecule has 0 bridgehead atoms. The van der Waals surface area contributed by atoms with Crippen LogP contribution in [0.4, 0.5) is 8.78 Å². The summed E-state index contributed by atoms with van der Waals surface area (Å²) < 4.78 is 50.9. The molecule has 1 aromatic carbocycles. The molecule has 1 heterocycles. The number of benzene rings is 1. The van der Waals surface area contributed by atoms with E-state index in [1.165, 1.54) is 6.07 Å². The van der Waals surface area contributed by atoms with Gasteiger partial charge >= 0.3 is 6.61 Å². The van der Waals surface area contributed by atoms with Crippen LogP contribution in [0.5, 0.6) is 17.2 Å². The first-order valence-electron chi connectivity index (χ1n) is 9.10. The molecular weight excluding hydrogens is 503 g/mol. The molecule has 0 aromatic heterocycles. The van der Waals surface area contributed by atoms with Crippen LogP contribution in [0, 0.1) is 0 Å².